The molecule has 0 bridgehead atoms. The van der Waals surface area contributed by atoms with Crippen molar-refractivity contribution in [2.45, 2.75) is 6.92 Å². The Balaban J connectivity index is 1.62. The van der Waals surface area contributed by atoms with E-state index in [1.54, 1.807) is 6.92 Å². The van der Waals surface area contributed by atoms with Crippen LogP contribution in [0.1, 0.15) is 16.2 Å². The number of aryl methyl sites for hydroxylation is 1. The number of hydrogen-bond donors (Lipinski definition) is 1. The van der Waals surface area contributed by atoms with Crippen LogP contribution in [0.2, 0.25) is 10.0 Å². The quantitative estimate of drug-likeness (QED) is 0.620. The molecule has 6 nitrogen and oxygen atoms in total. The fourth-order valence-corrected chi connectivity index (χ4v) is 2.84. The van der Waals surface area contributed by atoms with E-state index in [0.717, 1.165) is 5.56 Å². The lowest BCUT2D eigenvalue weighted by atomic mass is 10.2. The zero-order valence-electron chi connectivity index (χ0n) is 14.2. The Bertz CT molecular complexity index is 966. The lowest BCUT2D eigenvalue weighted by molar-refractivity contribution is -0.119. The number of ether oxygens (including phenoxy) is 1. The summed E-state index contributed by atoms with van der Waals surface area (Å²) in [6.45, 7) is 1.11. The first kappa shape index (κ1) is 18.9. The Hall–Kier alpha value is -2.83. The number of nitrogens with zero attached hydrogens (tertiary/aromatic N) is 1. The molecule has 138 valence electrons. The highest BCUT2D eigenvalue weighted by Gasteiger charge is 2.20. The molecule has 1 aromatic heterocycles. The summed E-state index contributed by atoms with van der Waals surface area (Å²) in [4.78, 5) is 28.3. The van der Waals surface area contributed by atoms with E-state index in [1.807, 2.05) is 30.3 Å². The Labute approximate surface area is 165 Å². The van der Waals surface area contributed by atoms with Crippen LogP contribution in [0.15, 0.2) is 52.9 Å². The summed E-state index contributed by atoms with van der Waals surface area (Å²) < 4.78 is 10.5. The second kappa shape index (κ2) is 8.24. The van der Waals surface area contributed by atoms with Gasteiger partial charge in [-0.05, 0) is 37.3 Å². The Morgan fingerprint density at radius 2 is 1.78 bits per heavy atom. The molecule has 0 aliphatic carbocycles. The molecular weight excluding hydrogens is 391 g/mol. The van der Waals surface area contributed by atoms with Crippen LogP contribution in [0.25, 0.3) is 11.5 Å². The van der Waals surface area contributed by atoms with Crippen molar-refractivity contribution in [3.05, 3.63) is 70.0 Å². The lowest BCUT2D eigenvalue weighted by Crippen LogP contribution is -2.21. The van der Waals surface area contributed by atoms with Gasteiger partial charge in [0.2, 0.25) is 5.89 Å². The van der Waals surface area contributed by atoms with Crippen LogP contribution in [-0.2, 0) is 9.53 Å². The van der Waals surface area contributed by atoms with Crippen molar-refractivity contribution in [2.75, 3.05) is 11.9 Å². The summed E-state index contributed by atoms with van der Waals surface area (Å²) in [5, 5.41) is 3.30. The van der Waals surface area contributed by atoms with E-state index in [-0.39, 0.29) is 5.69 Å². The van der Waals surface area contributed by atoms with Gasteiger partial charge in [0.1, 0.15) is 5.76 Å². The second-order valence-electron chi connectivity index (χ2n) is 5.57. The first-order valence-corrected chi connectivity index (χ1v) is 8.64. The highest BCUT2D eigenvalue weighted by Crippen LogP contribution is 2.23. The van der Waals surface area contributed by atoms with Gasteiger partial charge in [0.25, 0.3) is 5.91 Å². The molecule has 3 aromatic rings. The number of aromatic nitrogens is 1. The molecule has 0 unspecified atom stereocenters. The number of carbonyl (C=O) groups is 2. The highest BCUT2D eigenvalue weighted by atomic mass is 35.5. The monoisotopic (exact) mass is 404 g/mol. The molecule has 1 amide bonds. The number of esters is 1. The van der Waals surface area contributed by atoms with Crippen LogP contribution in [0.5, 0.6) is 0 Å². The third kappa shape index (κ3) is 4.87. The molecule has 0 saturated carbocycles. The van der Waals surface area contributed by atoms with Crippen LogP contribution in [0, 0.1) is 6.92 Å². The number of anilines is 1. The molecule has 0 radical (unpaired) electrons. The predicted molar refractivity (Wildman–Crippen MR) is 102 cm³/mol. The maximum Gasteiger partial charge on any atom is 0.361 e. The minimum absolute atomic E-state index is 0.0208. The van der Waals surface area contributed by atoms with Gasteiger partial charge in [0.15, 0.2) is 12.3 Å². The van der Waals surface area contributed by atoms with Crippen LogP contribution >= 0.6 is 23.2 Å². The van der Waals surface area contributed by atoms with Gasteiger partial charge in [-0.1, -0.05) is 41.4 Å². The first-order chi connectivity index (χ1) is 12.9. The topological polar surface area (TPSA) is 81.4 Å². The van der Waals surface area contributed by atoms with Crippen molar-refractivity contribution in [2.24, 2.45) is 0 Å². The minimum atomic E-state index is -0.752. The number of oxazole rings is 1. The summed E-state index contributed by atoms with van der Waals surface area (Å²) in [5.41, 5.74) is 1.15. The van der Waals surface area contributed by atoms with E-state index in [4.69, 9.17) is 32.4 Å². The third-order valence-corrected chi connectivity index (χ3v) is 3.93. The fraction of sp³-hybridized carbons (Fsp3) is 0.105. The molecule has 1 heterocycles. The van der Waals surface area contributed by atoms with E-state index in [0.29, 0.717) is 27.4 Å². The van der Waals surface area contributed by atoms with Gasteiger partial charge in [0, 0.05) is 21.3 Å². The molecule has 1 N–H and O–H groups in total. The number of benzene rings is 2. The molecule has 2 aromatic carbocycles. The van der Waals surface area contributed by atoms with E-state index in [1.165, 1.54) is 18.2 Å². The van der Waals surface area contributed by atoms with Gasteiger partial charge in [-0.25, -0.2) is 9.78 Å². The van der Waals surface area contributed by atoms with Crippen molar-refractivity contribution in [3.8, 4) is 11.5 Å². The third-order valence-electron chi connectivity index (χ3n) is 3.49. The number of rotatable bonds is 5. The smallest absolute Gasteiger partial charge is 0.361 e. The minimum Gasteiger partial charge on any atom is -0.451 e. The Morgan fingerprint density at radius 1 is 1.11 bits per heavy atom. The first-order valence-electron chi connectivity index (χ1n) is 7.88. The molecule has 0 aliphatic rings. The Morgan fingerprint density at radius 3 is 2.44 bits per heavy atom. The summed E-state index contributed by atoms with van der Waals surface area (Å²) in [7, 11) is 0. The SMILES string of the molecule is Cc1oc(-c2ccccc2)nc1C(=O)OCC(=O)Nc1cc(Cl)cc(Cl)c1. The molecule has 0 saturated heterocycles. The van der Waals surface area contributed by atoms with E-state index in [9.17, 15) is 9.59 Å². The van der Waals surface area contributed by atoms with Gasteiger partial charge in [-0.2, -0.15) is 0 Å². The van der Waals surface area contributed by atoms with E-state index < -0.39 is 18.5 Å². The van der Waals surface area contributed by atoms with Gasteiger partial charge >= 0.3 is 5.97 Å². The standard InChI is InChI=1S/C19H14Cl2N2O4/c1-11-17(23-18(27-11)12-5-3-2-4-6-12)19(25)26-10-16(24)22-15-8-13(20)7-14(21)9-15/h2-9H,10H2,1H3,(H,22,24). The molecule has 0 spiro atoms. The predicted octanol–water partition coefficient (Wildman–Crippen LogP) is 4.75. The molecular formula is C19H14Cl2N2O4. The van der Waals surface area contributed by atoms with E-state index >= 15 is 0 Å². The summed E-state index contributed by atoms with van der Waals surface area (Å²) in [6, 6.07) is 13.7. The number of halogens is 2. The maximum atomic E-state index is 12.2. The average molecular weight is 405 g/mol. The van der Waals surface area contributed by atoms with Crippen LogP contribution in [0.4, 0.5) is 5.69 Å². The Kier molecular flexibility index (Phi) is 5.78. The van der Waals surface area contributed by atoms with Crippen molar-refractivity contribution < 1.29 is 18.7 Å². The number of nitrogens with one attached hydrogen (secondary N) is 1. The van der Waals surface area contributed by atoms with Crippen molar-refractivity contribution in [3.63, 3.8) is 0 Å². The van der Waals surface area contributed by atoms with Crippen molar-refractivity contribution in [1.82, 2.24) is 4.98 Å². The maximum absolute atomic E-state index is 12.2. The second-order valence-corrected chi connectivity index (χ2v) is 6.45. The zero-order valence-corrected chi connectivity index (χ0v) is 15.7. The fourth-order valence-electron chi connectivity index (χ4n) is 2.31. The number of hydrogen-bond acceptors (Lipinski definition) is 5. The molecule has 3 rings (SSSR count). The van der Waals surface area contributed by atoms with E-state index in [2.05, 4.69) is 10.3 Å². The number of carbonyl (C=O) groups excluding carboxylic acids is 2. The summed E-state index contributed by atoms with van der Waals surface area (Å²) in [5.74, 6) is -0.678. The molecule has 0 atom stereocenters. The highest BCUT2D eigenvalue weighted by molar-refractivity contribution is 6.35. The van der Waals surface area contributed by atoms with Gasteiger partial charge < -0.3 is 14.5 Å². The molecule has 8 heteroatoms. The van der Waals surface area contributed by atoms with Gasteiger partial charge in [-0.15, -0.1) is 0 Å². The van der Waals surface area contributed by atoms with Crippen LogP contribution < -0.4 is 5.32 Å². The average Bonchev–Trinajstić information content (AvgIpc) is 3.01. The van der Waals surface area contributed by atoms with Crippen LogP contribution in [-0.4, -0.2) is 23.5 Å². The zero-order chi connectivity index (χ0) is 19.4. The molecule has 0 fully saturated rings. The number of amides is 1. The van der Waals surface area contributed by atoms with Crippen molar-refractivity contribution in [1.29, 1.82) is 0 Å². The van der Waals surface area contributed by atoms with Crippen molar-refractivity contribution >= 4 is 40.8 Å². The summed E-state index contributed by atoms with van der Waals surface area (Å²) >= 11 is 11.7. The normalized spacial score (nSPS) is 10.5. The molecule has 0 aliphatic heterocycles. The summed E-state index contributed by atoms with van der Waals surface area (Å²) in [6.07, 6.45) is 0. The van der Waals surface area contributed by atoms with Gasteiger partial charge in [0.05, 0.1) is 0 Å². The lowest BCUT2D eigenvalue weighted by Gasteiger charge is -2.07. The molecule has 27 heavy (non-hydrogen) atoms. The largest absolute Gasteiger partial charge is 0.451 e. The van der Waals surface area contributed by atoms with Gasteiger partial charge in [-0.3, -0.25) is 4.79 Å². The van der Waals surface area contributed by atoms with Crippen LogP contribution in [0.3, 0.4) is 0 Å².